The Morgan fingerprint density at radius 3 is 0.857 bits per heavy atom. The van der Waals surface area contributed by atoms with Gasteiger partial charge in [0.25, 0.3) is 0 Å². The van der Waals surface area contributed by atoms with Gasteiger partial charge in [-0.25, -0.2) is 0 Å². The summed E-state index contributed by atoms with van der Waals surface area (Å²) in [5.41, 5.74) is 0. The molecule has 0 unspecified atom stereocenters. The molecule has 7 heavy (non-hydrogen) atoms. The van der Waals surface area contributed by atoms with Crippen molar-refractivity contribution in [2.75, 3.05) is 0 Å². The van der Waals surface area contributed by atoms with Gasteiger partial charge < -0.3 is 24.7 Å². The van der Waals surface area contributed by atoms with Crippen LogP contribution in [0.3, 0.4) is 0 Å². The second-order valence-electron chi connectivity index (χ2n) is 0.600. The SMILES string of the molecule is C.O.O[Si](O)(O)O. The van der Waals surface area contributed by atoms with Crippen LogP contribution in [-0.4, -0.2) is 33.7 Å². The van der Waals surface area contributed by atoms with Gasteiger partial charge in [-0.15, -0.1) is 0 Å². The summed E-state index contributed by atoms with van der Waals surface area (Å²) in [6.07, 6.45) is 0. The molecule has 0 aliphatic heterocycles. The van der Waals surface area contributed by atoms with Gasteiger partial charge in [-0.1, -0.05) is 7.43 Å². The molecule has 48 valence electrons. The standard InChI is InChI=1S/CH4.H4O4Si.H2O/c;1-5(2,3)4;/h1H4;1-4H;1H2. The smallest absolute Gasteiger partial charge is 0.412 e. The van der Waals surface area contributed by atoms with Crippen LogP contribution in [0, 0.1) is 0 Å². The second kappa shape index (κ2) is 4.18. The van der Waals surface area contributed by atoms with Crippen molar-refractivity contribution in [3.8, 4) is 0 Å². The summed E-state index contributed by atoms with van der Waals surface area (Å²) >= 11 is 0. The van der Waals surface area contributed by atoms with Gasteiger partial charge in [-0.2, -0.15) is 0 Å². The van der Waals surface area contributed by atoms with Crippen LogP contribution >= 0.6 is 0 Å². The molecule has 0 radical (unpaired) electrons. The van der Waals surface area contributed by atoms with Crippen molar-refractivity contribution in [1.82, 2.24) is 0 Å². The summed E-state index contributed by atoms with van der Waals surface area (Å²) in [5.74, 6) is 0. The minimum absolute atomic E-state index is 0. The van der Waals surface area contributed by atoms with Crippen LogP contribution in [0.15, 0.2) is 0 Å². The van der Waals surface area contributed by atoms with Crippen LogP contribution in [0.5, 0.6) is 0 Å². The monoisotopic (exact) mass is 130 g/mol. The van der Waals surface area contributed by atoms with E-state index in [-0.39, 0.29) is 12.9 Å². The quantitative estimate of drug-likeness (QED) is 0.265. The molecule has 0 heterocycles. The minimum Gasteiger partial charge on any atom is -0.412 e. The first-order valence-electron chi connectivity index (χ1n) is 0.894. The van der Waals surface area contributed by atoms with E-state index < -0.39 is 9.05 Å². The van der Waals surface area contributed by atoms with Crippen molar-refractivity contribution >= 4 is 9.05 Å². The Bertz CT molecular complexity index is 23.6. The molecule has 0 bridgehead atoms. The zero-order chi connectivity index (χ0) is 4.50. The molecule has 0 aliphatic carbocycles. The van der Waals surface area contributed by atoms with Gasteiger partial charge in [0.2, 0.25) is 0 Å². The lowest BCUT2D eigenvalue weighted by Gasteiger charge is -1.91. The molecular weight excluding hydrogens is 120 g/mol. The second-order valence-corrected chi connectivity index (χ2v) is 1.80. The largest absolute Gasteiger partial charge is 0.668 e. The summed E-state index contributed by atoms with van der Waals surface area (Å²) < 4.78 is 0. The molecule has 6 heteroatoms. The van der Waals surface area contributed by atoms with Crippen molar-refractivity contribution < 1.29 is 24.7 Å². The molecule has 0 aromatic rings. The van der Waals surface area contributed by atoms with Gasteiger partial charge in [0.15, 0.2) is 0 Å². The Morgan fingerprint density at radius 2 is 0.857 bits per heavy atom. The van der Waals surface area contributed by atoms with Crippen molar-refractivity contribution in [3.63, 3.8) is 0 Å². The summed E-state index contributed by atoms with van der Waals surface area (Å²) in [6.45, 7) is 0. The van der Waals surface area contributed by atoms with Crippen LogP contribution in [0.2, 0.25) is 0 Å². The summed E-state index contributed by atoms with van der Waals surface area (Å²) in [4.78, 5) is 29.3. The Balaban J connectivity index is -0.0000000800. The van der Waals surface area contributed by atoms with Crippen LogP contribution < -0.4 is 0 Å². The lowest BCUT2D eigenvalue weighted by Crippen LogP contribution is -2.33. The molecule has 0 spiro atoms. The van der Waals surface area contributed by atoms with E-state index in [0.717, 1.165) is 0 Å². The molecule has 5 nitrogen and oxygen atoms in total. The van der Waals surface area contributed by atoms with E-state index in [9.17, 15) is 0 Å². The van der Waals surface area contributed by atoms with Crippen molar-refractivity contribution in [2.45, 2.75) is 7.43 Å². The van der Waals surface area contributed by atoms with E-state index in [1.165, 1.54) is 0 Å². The molecular formula is CH10O5Si. The van der Waals surface area contributed by atoms with Crippen molar-refractivity contribution in [1.29, 1.82) is 0 Å². The first-order chi connectivity index (χ1) is 2.00. The normalized spacial score (nSPS) is 8.57. The summed E-state index contributed by atoms with van der Waals surface area (Å²) in [5, 5.41) is 0. The highest BCUT2D eigenvalue weighted by molar-refractivity contribution is 6.46. The van der Waals surface area contributed by atoms with Gasteiger partial charge in [0.1, 0.15) is 0 Å². The topological polar surface area (TPSA) is 112 Å². The van der Waals surface area contributed by atoms with Crippen LogP contribution in [0.1, 0.15) is 7.43 Å². The summed E-state index contributed by atoms with van der Waals surface area (Å²) in [7, 11) is -4.61. The third-order valence-electron chi connectivity index (χ3n) is 0. The van der Waals surface area contributed by atoms with Crippen LogP contribution in [-0.2, 0) is 0 Å². The highest BCUT2D eigenvalue weighted by Gasteiger charge is 2.22. The molecule has 0 atom stereocenters. The average Bonchev–Trinajstić information content (AvgIpc) is 0.722. The van der Waals surface area contributed by atoms with Crippen LogP contribution in [0.4, 0.5) is 0 Å². The molecule has 0 aliphatic rings. The number of rotatable bonds is 0. The maximum absolute atomic E-state index is 7.33. The fourth-order valence-corrected chi connectivity index (χ4v) is 0. The Labute approximate surface area is 42.3 Å². The van der Waals surface area contributed by atoms with E-state index in [1.807, 2.05) is 0 Å². The van der Waals surface area contributed by atoms with E-state index in [1.54, 1.807) is 0 Å². The molecule has 0 aromatic heterocycles. The molecule has 0 saturated carbocycles. The lowest BCUT2D eigenvalue weighted by molar-refractivity contribution is 0.117. The Hall–Kier alpha value is 0.0169. The average molecular weight is 130 g/mol. The van der Waals surface area contributed by atoms with Gasteiger partial charge in [0, 0.05) is 0 Å². The first kappa shape index (κ1) is 15.7. The van der Waals surface area contributed by atoms with Gasteiger partial charge in [-0.05, 0) is 0 Å². The third kappa shape index (κ3) is 341000. The molecule has 0 saturated heterocycles. The molecule has 0 amide bonds. The lowest BCUT2D eigenvalue weighted by atomic mass is 12.0. The van der Waals surface area contributed by atoms with Crippen molar-refractivity contribution in [3.05, 3.63) is 0 Å². The molecule has 0 rings (SSSR count). The number of hydrogen-bond acceptors (Lipinski definition) is 4. The van der Waals surface area contributed by atoms with Gasteiger partial charge in [0.05, 0.1) is 0 Å². The first-order valence-corrected chi connectivity index (χ1v) is 2.68. The van der Waals surface area contributed by atoms with Crippen LogP contribution in [0.25, 0.3) is 0 Å². The molecule has 6 N–H and O–H groups in total. The van der Waals surface area contributed by atoms with E-state index in [4.69, 9.17) is 19.2 Å². The van der Waals surface area contributed by atoms with E-state index in [0.29, 0.717) is 0 Å². The highest BCUT2D eigenvalue weighted by atomic mass is 28.4. The molecule has 0 fully saturated rings. The third-order valence-corrected chi connectivity index (χ3v) is 0. The highest BCUT2D eigenvalue weighted by Crippen LogP contribution is 1.67. The van der Waals surface area contributed by atoms with Crippen molar-refractivity contribution in [2.24, 2.45) is 0 Å². The minimum atomic E-state index is -4.61. The zero-order valence-electron chi connectivity index (χ0n) is 2.79. The maximum Gasteiger partial charge on any atom is 0.668 e. The predicted octanol–water partition coefficient (Wildman–Crippen LogP) is -2.80. The van der Waals surface area contributed by atoms with Gasteiger partial charge >= 0.3 is 9.05 Å². The maximum atomic E-state index is 7.33. The Morgan fingerprint density at radius 1 is 0.857 bits per heavy atom. The molecule has 0 aromatic carbocycles. The predicted molar refractivity (Wildman–Crippen MR) is 25.0 cm³/mol. The fourth-order valence-electron chi connectivity index (χ4n) is 0. The van der Waals surface area contributed by atoms with E-state index >= 15 is 0 Å². The summed E-state index contributed by atoms with van der Waals surface area (Å²) in [6, 6.07) is 0. The van der Waals surface area contributed by atoms with Gasteiger partial charge in [-0.3, -0.25) is 0 Å². The number of hydrogen-bond donors (Lipinski definition) is 4. The Kier molecular flexibility index (Phi) is 9.41. The van der Waals surface area contributed by atoms with E-state index in [2.05, 4.69) is 0 Å². The fraction of sp³-hybridized carbons (Fsp3) is 1.00. The zero-order valence-corrected chi connectivity index (χ0v) is 3.79.